The molecule has 3 aliphatic rings. The van der Waals surface area contributed by atoms with Crippen LogP contribution in [0.5, 0.6) is 5.75 Å². The number of aliphatic hydroxyl groups is 1. The van der Waals surface area contributed by atoms with Crippen molar-refractivity contribution in [3.63, 3.8) is 0 Å². The van der Waals surface area contributed by atoms with Gasteiger partial charge < -0.3 is 19.5 Å². The van der Waals surface area contributed by atoms with E-state index in [0.29, 0.717) is 12.1 Å². The van der Waals surface area contributed by atoms with E-state index in [1.165, 1.54) is 11.3 Å². The van der Waals surface area contributed by atoms with Gasteiger partial charge in [-0.1, -0.05) is 6.07 Å². The van der Waals surface area contributed by atoms with Gasteiger partial charge in [-0.25, -0.2) is 0 Å². The van der Waals surface area contributed by atoms with E-state index in [4.69, 9.17) is 9.47 Å². The summed E-state index contributed by atoms with van der Waals surface area (Å²) in [6.45, 7) is 6.51. The number of hydrogen-bond acceptors (Lipinski definition) is 7. The third kappa shape index (κ3) is 4.30. The molecule has 7 nitrogen and oxygen atoms in total. The minimum atomic E-state index is -0.623. The monoisotopic (exact) mass is 468 g/mol. The summed E-state index contributed by atoms with van der Waals surface area (Å²) in [7, 11) is 0. The Morgan fingerprint density at radius 2 is 2.00 bits per heavy atom. The average molecular weight is 469 g/mol. The van der Waals surface area contributed by atoms with Crippen LogP contribution in [0.15, 0.2) is 41.3 Å². The van der Waals surface area contributed by atoms with Crippen LogP contribution in [-0.4, -0.2) is 72.1 Å². The molecule has 33 heavy (non-hydrogen) atoms. The number of carbonyl (C=O) groups excluding carboxylic acids is 2. The molecule has 8 heteroatoms. The first-order valence-electron chi connectivity index (χ1n) is 11.4. The molecular weight excluding hydrogens is 440 g/mol. The summed E-state index contributed by atoms with van der Waals surface area (Å²) < 4.78 is 11.2. The van der Waals surface area contributed by atoms with E-state index in [-0.39, 0.29) is 17.4 Å². The van der Waals surface area contributed by atoms with Gasteiger partial charge >= 0.3 is 0 Å². The van der Waals surface area contributed by atoms with Crippen LogP contribution in [0.2, 0.25) is 0 Å². The molecule has 3 aliphatic heterocycles. The average Bonchev–Trinajstić information content (AvgIpc) is 3.53. The van der Waals surface area contributed by atoms with E-state index in [9.17, 15) is 14.7 Å². The van der Waals surface area contributed by atoms with Gasteiger partial charge in [-0.15, -0.1) is 11.3 Å². The van der Waals surface area contributed by atoms with Gasteiger partial charge in [-0.05, 0) is 48.6 Å². The molecule has 2 fully saturated rings. The number of rotatable bonds is 6. The van der Waals surface area contributed by atoms with Crippen LogP contribution in [-0.2, 0) is 20.7 Å². The zero-order chi connectivity index (χ0) is 22.9. The number of thiophene rings is 1. The number of nitrogens with zero attached hydrogens (tertiary/aromatic N) is 2. The maximum atomic E-state index is 13.1. The molecule has 1 N–H and O–H groups in total. The van der Waals surface area contributed by atoms with E-state index in [1.54, 1.807) is 11.0 Å². The molecule has 2 aromatic rings. The number of aliphatic hydroxyl groups excluding tert-OH is 1. The number of hydrogen-bond donors (Lipinski definition) is 1. The lowest BCUT2D eigenvalue weighted by Crippen LogP contribution is -2.38. The lowest BCUT2D eigenvalue weighted by Gasteiger charge is -2.28. The van der Waals surface area contributed by atoms with Crippen molar-refractivity contribution >= 4 is 28.8 Å². The lowest BCUT2D eigenvalue weighted by atomic mass is 9.98. The predicted octanol–water partition coefficient (Wildman–Crippen LogP) is 3.22. The Morgan fingerprint density at radius 3 is 2.76 bits per heavy atom. The van der Waals surface area contributed by atoms with Crippen molar-refractivity contribution in [2.45, 2.75) is 31.9 Å². The second-order valence-electron chi connectivity index (χ2n) is 8.77. The van der Waals surface area contributed by atoms with Crippen molar-refractivity contribution < 1.29 is 24.2 Å². The number of likely N-dealkylation sites (tertiary alicyclic amines) is 1. The zero-order valence-corrected chi connectivity index (χ0v) is 19.5. The number of amides is 1. The predicted molar refractivity (Wildman–Crippen MR) is 125 cm³/mol. The highest BCUT2D eigenvalue weighted by Gasteiger charge is 2.46. The summed E-state index contributed by atoms with van der Waals surface area (Å²) >= 11 is 1.49. The van der Waals surface area contributed by atoms with Crippen LogP contribution < -0.4 is 4.74 Å². The number of fused-ring (bicyclic) bond motifs is 1. The molecule has 0 spiro atoms. The number of ketones is 1. The third-order valence-corrected chi connectivity index (χ3v) is 7.42. The molecule has 2 saturated heterocycles. The van der Waals surface area contributed by atoms with Crippen LogP contribution in [0.1, 0.15) is 35.4 Å². The van der Waals surface area contributed by atoms with Crippen LogP contribution in [0.4, 0.5) is 0 Å². The minimum Gasteiger partial charge on any atom is -0.507 e. The van der Waals surface area contributed by atoms with E-state index in [0.717, 1.165) is 61.9 Å². The molecule has 1 aromatic carbocycles. The number of Topliss-reactive ketones (excluding diaryl/α,β-unsaturated/α-hetero) is 1. The highest BCUT2D eigenvalue weighted by molar-refractivity contribution is 7.10. The SMILES string of the molecule is C[C@@H]1Cc2cc(C(O)=C3C(=O)C(=O)N(CCCN4CCOCC4)[C@H]3c3cccs3)ccc2O1. The molecule has 0 aliphatic carbocycles. The van der Waals surface area contributed by atoms with Crippen molar-refractivity contribution in [2.75, 3.05) is 39.4 Å². The normalized spacial score (nSPS) is 24.8. The van der Waals surface area contributed by atoms with Gasteiger partial charge in [0.2, 0.25) is 0 Å². The highest BCUT2D eigenvalue weighted by atomic mass is 32.1. The quantitative estimate of drug-likeness (QED) is 0.399. The Kier molecular flexibility index (Phi) is 6.23. The molecule has 4 heterocycles. The summed E-state index contributed by atoms with van der Waals surface area (Å²) in [5.74, 6) is -0.486. The van der Waals surface area contributed by atoms with Crippen LogP contribution >= 0.6 is 11.3 Å². The van der Waals surface area contributed by atoms with Crippen molar-refractivity contribution in [1.29, 1.82) is 0 Å². The molecule has 1 amide bonds. The maximum Gasteiger partial charge on any atom is 0.295 e. The van der Waals surface area contributed by atoms with Crippen LogP contribution in [0, 0.1) is 0 Å². The van der Waals surface area contributed by atoms with Gasteiger partial charge in [0.25, 0.3) is 11.7 Å². The highest BCUT2D eigenvalue weighted by Crippen LogP contribution is 2.42. The fraction of sp³-hybridized carbons (Fsp3) is 0.440. The second kappa shape index (κ2) is 9.29. The van der Waals surface area contributed by atoms with E-state index in [1.807, 2.05) is 36.6 Å². The smallest absolute Gasteiger partial charge is 0.295 e. The molecule has 0 saturated carbocycles. The largest absolute Gasteiger partial charge is 0.507 e. The molecule has 0 unspecified atom stereocenters. The summed E-state index contributed by atoms with van der Waals surface area (Å²) in [6.07, 6.45) is 1.59. The first-order chi connectivity index (χ1) is 16.0. The van der Waals surface area contributed by atoms with Crippen LogP contribution in [0.3, 0.4) is 0 Å². The molecule has 5 rings (SSSR count). The van der Waals surface area contributed by atoms with Crippen molar-refractivity contribution in [1.82, 2.24) is 9.80 Å². The topological polar surface area (TPSA) is 79.3 Å². The molecule has 2 atom stereocenters. The van der Waals surface area contributed by atoms with E-state index < -0.39 is 17.7 Å². The molecule has 0 radical (unpaired) electrons. The minimum absolute atomic E-state index is 0.0839. The van der Waals surface area contributed by atoms with E-state index in [2.05, 4.69) is 4.90 Å². The Morgan fingerprint density at radius 1 is 1.18 bits per heavy atom. The summed E-state index contributed by atoms with van der Waals surface area (Å²) in [6, 6.07) is 8.70. The summed E-state index contributed by atoms with van der Waals surface area (Å²) in [5, 5.41) is 13.2. The van der Waals surface area contributed by atoms with Gasteiger partial charge in [-0.3, -0.25) is 14.5 Å². The fourth-order valence-electron chi connectivity index (χ4n) is 4.87. The number of carbonyl (C=O) groups is 2. The summed E-state index contributed by atoms with van der Waals surface area (Å²) in [4.78, 5) is 31.0. The second-order valence-corrected chi connectivity index (χ2v) is 9.75. The number of benzene rings is 1. The Bertz CT molecular complexity index is 1070. The third-order valence-electron chi connectivity index (χ3n) is 6.50. The van der Waals surface area contributed by atoms with Gasteiger partial charge in [0.05, 0.1) is 24.8 Å². The zero-order valence-electron chi connectivity index (χ0n) is 18.7. The maximum absolute atomic E-state index is 13.1. The van der Waals surface area contributed by atoms with Gasteiger partial charge in [0.15, 0.2) is 0 Å². The molecular formula is C25H28N2O5S. The Hall–Kier alpha value is -2.68. The summed E-state index contributed by atoms with van der Waals surface area (Å²) in [5.41, 5.74) is 1.71. The molecule has 0 bridgehead atoms. The van der Waals surface area contributed by atoms with Gasteiger partial charge in [0.1, 0.15) is 17.6 Å². The number of morpholine rings is 1. The standard InChI is InChI=1S/C25H28N2O5S/c1-16-14-18-15-17(5-6-19(18)32-16)23(28)21-22(20-4-2-13-33-20)27(25(30)24(21)29)8-3-7-26-9-11-31-12-10-26/h2,4-6,13,15-16,22,28H,3,7-12,14H2,1H3/t16-,22+/m1/s1. The van der Waals surface area contributed by atoms with Gasteiger partial charge in [-0.2, -0.15) is 0 Å². The number of ether oxygens (including phenoxy) is 2. The van der Waals surface area contributed by atoms with Gasteiger partial charge in [0, 0.05) is 43.0 Å². The van der Waals surface area contributed by atoms with Crippen molar-refractivity contribution in [3.8, 4) is 5.75 Å². The first kappa shape index (κ1) is 22.1. The van der Waals surface area contributed by atoms with Crippen molar-refractivity contribution in [3.05, 3.63) is 57.3 Å². The molecule has 1 aromatic heterocycles. The van der Waals surface area contributed by atoms with E-state index >= 15 is 0 Å². The van der Waals surface area contributed by atoms with Crippen LogP contribution in [0.25, 0.3) is 5.76 Å². The lowest BCUT2D eigenvalue weighted by molar-refractivity contribution is -0.140. The Labute approximate surface area is 197 Å². The Balaban J connectivity index is 1.44. The van der Waals surface area contributed by atoms with Crippen molar-refractivity contribution in [2.24, 2.45) is 0 Å². The fourth-order valence-corrected chi connectivity index (χ4v) is 5.71. The first-order valence-corrected chi connectivity index (χ1v) is 12.3. The molecule has 174 valence electrons.